The predicted molar refractivity (Wildman–Crippen MR) is 91.8 cm³/mol. The van der Waals surface area contributed by atoms with Crippen LogP contribution in [-0.4, -0.2) is 9.91 Å². The third kappa shape index (κ3) is 4.20. The van der Waals surface area contributed by atoms with Gasteiger partial charge in [-0.3, -0.25) is 10.1 Å². The van der Waals surface area contributed by atoms with E-state index in [4.69, 9.17) is 0 Å². The monoisotopic (exact) mass is 412 g/mol. The van der Waals surface area contributed by atoms with Crippen LogP contribution in [0.3, 0.4) is 0 Å². The molecule has 2 aromatic carbocycles. The Bertz CT molecular complexity index is 967. The number of nitro groups is 1. The average Bonchev–Trinajstić information content (AvgIpc) is 2.66. The van der Waals surface area contributed by atoms with Gasteiger partial charge in [0, 0.05) is 11.8 Å². The third-order valence-corrected chi connectivity index (χ3v) is 4.12. The average molecular weight is 412 g/mol. The van der Waals surface area contributed by atoms with E-state index in [0.29, 0.717) is 0 Å². The Labute approximate surface area is 159 Å². The second-order valence-electron chi connectivity index (χ2n) is 5.96. The van der Waals surface area contributed by atoms with Crippen LogP contribution in [0.1, 0.15) is 11.1 Å². The molecule has 0 amide bonds. The maximum absolute atomic E-state index is 12.7. The minimum Gasteiger partial charge on any atom is -0.258 e. The van der Waals surface area contributed by atoms with E-state index in [1.165, 1.54) is 12.3 Å². The normalized spacial score (nSPS) is 12.1. The molecule has 0 bridgehead atoms. The van der Waals surface area contributed by atoms with Crippen molar-refractivity contribution in [3.05, 3.63) is 82.0 Å². The molecule has 3 aromatic rings. The lowest BCUT2D eigenvalue weighted by molar-refractivity contribution is -0.383. The molecule has 0 N–H and O–H groups in total. The molecular weight excluding hydrogens is 402 g/mol. The second kappa shape index (κ2) is 7.19. The topological polar surface area (TPSA) is 56.0 Å². The molecule has 29 heavy (non-hydrogen) atoms. The number of hydrogen-bond donors (Lipinski definition) is 0. The fourth-order valence-electron chi connectivity index (χ4n) is 2.74. The lowest BCUT2D eigenvalue weighted by Gasteiger charge is -2.11. The molecule has 1 aromatic heterocycles. The van der Waals surface area contributed by atoms with Crippen molar-refractivity contribution in [1.82, 2.24) is 4.98 Å². The smallest absolute Gasteiger partial charge is 0.258 e. The first-order valence-electron chi connectivity index (χ1n) is 7.97. The highest BCUT2D eigenvalue weighted by atomic mass is 19.4. The van der Waals surface area contributed by atoms with Crippen molar-refractivity contribution in [3.63, 3.8) is 0 Å². The molecule has 0 fully saturated rings. The number of alkyl halides is 6. The molecular formula is C19H10F6N2O2. The van der Waals surface area contributed by atoms with Gasteiger partial charge in [-0.05, 0) is 35.9 Å². The van der Waals surface area contributed by atoms with Gasteiger partial charge in [0.15, 0.2) is 0 Å². The summed E-state index contributed by atoms with van der Waals surface area (Å²) in [5.74, 6) is 0. The first-order valence-corrected chi connectivity index (χ1v) is 7.97. The van der Waals surface area contributed by atoms with Crippen molar-refractivity contribution >= 4 is 5.69 Å². The largest absolute Gasteiger partial charge is 0.416 e. The van der Waals surface area contributed by atoms with Crippen molar-refractivity contribution in [2.45, 2.75) is 12.4 Å². The minimum atomic E-state index is -4.57. The molecule has 0 atom stereocenters. The zero-order valence-electron chi connectivity index (χ0n) is 14.3. The van der Waals surface area contributed by atoms with E-state index in [1.807, 2.05) is 0 Å². The third-order valence-electron chi connectivity index (χ3n) is 4.12. The molecule has 10 heteroatoms. The van der Waals surface area contributed by atoms with E-state index in [-0.39, 0.29) is 22.4 Å². The van der Waals surface area contributed by atoms with E-state index >= 15 is 0 Å². The summed E-state index contributed by atoms with van der Waals surface area (Å²) in [6.07, 6.45) is -7.93. The molecule has 0 aliphatic carbocycles. The van der Waals surface area contributed by atoms with Gasteiger partial charge >= 0.3 is 18.0 Å². The molecule has 0 aliphatic rings. The van der Waals surface area contributed by atoms with E-state index in [1.54, 1.807) is 0 Å². The van der Waals surface area contributed by atoms with Crippen LogP contribution in [0.4, 0.5) is 32.0 Å². The molecule has 0 unspecified atom stereocenters. The molecule has 0 radical (unpaired) electrons. The van der Waals surface area contributed by atoms with Gasteiger partial charge in [-0.1, -0.05) is 24.3 Å². The van der Waals surface area contributed by atoms with E-state index in [0.717, 1.165) is 48.5 Å². The second-order valence-corrected chi connectivity index (χ2v) is 5.96. The van der Waals surface area contributed by atoms with Crippen LogP contribution >= 0.6 is 0 Å². The summed E-state index contributed by atoms with van der Waals surface area (Å²) in [5, 5.41) is 11.6. The maximum Gasteiger partial charge on any atom is 0.416 e. The summed E-state index contributed by atoms with van der Waals surface area (Å²) in [6, 6.07) is 8.65. The van der Waals surface area contributed by atoms with Crippen molar-refractivity contribution in [1.29, 1.82) is 0 Å². The summed E-state index contributed by atoms with van der Waals surface area (Å²) in [6.45, 7) is 0. The zero-order valence-corrected chi connectivity index (χ0v) is 14.3. The highest BCUT2D eigenvalue weighted by molar-refractivity contribution is 5.83. The number of nitrogens with zero attached hydrogens (tertiary/aromatic N) is 2. The maximum atomic E-state index is 12.7. The van der Waals surface area contributed by atoms with Gasteiger partial charge in [0.2, 0.25) is 0 Å². The molecule has 0 aliphatic heterocycles. The molecule has 0 saturated heterocycles. The Kier molecular flexibility index (Phi) is 5.04. The number of halogens is 6. The van der Waals surface area contributed by atoms with Crippen LogP contribution < -0.4 is 0 Å². The van der Waals surface area contributed by atoms with E-state index in [2.05, 4.69) is 4.98 Å². The lowest BCUT2D eigenvalue weighted by atomic mass is 9.99. The van der Waals surface area contributed by atoms with Gasteiger partial charge in [0.1, 0.15) is 5.69 Å². The SMILES string of the molecule is O=[N+]([O-])c1c(-c2ccc(C(F)(F)F)cc2)ccnc1-c1ccc(C(F)(F)F)cc1. The van der Waals surface area contributed by atoms with Crippen LogP contribution in [0.2, 0.25) is 0 Å². The highest BCUT2D eigenvalue weighted by Gasteiger charge is 2.32. The number of rotatable bonds is 3. The van der Waals surface area contributed by atoms with Gasteiger partial charge in [-0.2, -0.15) is 26.3 Å². The van der Waals surface area contributed by atoms with Gasteiger partial charge in [-0.15, -0.1) is 0 Å². The molecule has 0 saturated carbocycles. The summed E-state index contributed by atoms with van der Waals surface area (Å²) < 4.78 is 76.4. The van der Waals surface area contributed by atoms with Gasteiger partial charge in [0.25, 0.3) is 0 Å². The van der Waals surface area contributed by atoms with Gasteiger partial charge in [-0.25, -0.2) is 4.98 Å². The summed E-state index contributed by atoms with van der Waals surface area (Å²) >= 11 is 0. The standard InChI is InChI=1S/C19H10F6N2O2/c20-18(21,22)13-5-1-11(2-6-13)15-9-10-26-16(17(15)27(28)29)12-3-7-14(8-4-12)19(23,24)25/h1-10H. The van der Waals surface area contributed by atoms with Crippen LogP contribution in [0.5, 0.6) is 0 Å². The Hall–Kier alpha value is -3.43. The first kappa shape index (κ1) is 20.3. The predicted octanol–water partition coefficient (Wildman–Crippen LogP) is 6.36. The Morgan fingerprint density at radius 3 is 1.59 bits per heavy atom. The Morgan fingerprint density at radius 2 is 1.17 bits per heavy atom. The van der Waals surface area contributed by atoms with Crippen LogP contribution in [-0.2, 0) is 12.4 Å². The van der Waals surface area contributed by atoms with Crippen LogP contribution in [0, 0.1) is 10.1 Å². The summed E-state index contributed by atoms with van der Waals surface area (Å²) in [5.41, 5.74) is -2.36. The molecule has 4 nitrogen and oxygen atoms in total. The summed E-state index contributed by atoms with van der Waals surface area (Å²) in [7, 11) is 0. The Morgan fingerprint density at radius 1 is 0.724 bits per heavy atom. The van der Waals surface area contributed by atoms with Crippen molar-refractivity contribution in [3.8, 4) is 22.4 Å². The van der Waals surface area contributed by atoms with E-state index in [9.17, 15) is 36.5 Å². The molecule has 150 valence electrons. The molecule has 1 heterocycles. The fraction of sp³-hybridized carbons (Fsp3) is 0.105. The van der Waals surface area contributed by atoms with E-state index < -0.39 is 34.1 Å². The van der Waals surface area contributed by atoms with Crippen molar-refractivity contribution < 1.29 is 31.3 Å². The first-order chi connectivity index (χ1) is 13.5. The van der Waals surface area contributed by atoms with Crippen molar-refractivity contribution in [2.75, 3.05) is 0 Å². The van der Waals surface area contributed by atoms with Crippen molar-refractivity contribution in [2.24, 2.45) is 0 Å². The lowest BCUT2D eigenvalue weighted by Crippen LogP contribution is -2.05. The minimum absolute atomic E-state index is 0.00591. The van der Waals surface area contributed by atoms with Crippen LogP contribution in [0.25, 0.3) is 22.4 Å². The number of hydrogen-bond acceptors (Lipinski definition) is 3. The van der Waals surface area contributed by atoms with Gasteiger partial charge < -0.3 is 0 Å². The Balaban J connectivity index is 2.11. The fourth-order valence-corrected chi connectivity index (χ4v) is 2.74. The number of benzene rings is 2. The molecule has 3 rings (SSSR count). The van der Waals surface area contributed by atoms with Gasteiger partial charge in [0.05, 0.1) is 21.6 Å². The number of pyridine rings is 1. The molecule has 0 spiro atoms. The highest BCUT2D eigenvalue weighted by Crippen LogP contribution is 2.39. The zero-order chi connectivity index (χ0) is 21.4. The number of aromatic nitrogens is 1. The summed E-state index contributed by atoms with van der Waals surface area (Å²) in [4.78, 5) is 14.8. The quantitative estimate of drug-likeness (QED) is 0.286. The van der Waals surface area contributed by atoms with Crippen LogP contribution in [0.15, 0.2) is 60.8 Å².